The topological polar surface area (TPSA) is 47.0 Å². The fraction of sp³-hybridized carbons (Fsp3) is 0.429. The van der Waals surface area contributed by atoms with Crippen LogP contribution in [0.25, 0.3) is 11.0 Å². The third kappa shape index (κ3) is 3.24. The summed E-state index contributed by atoms with van der Waals surface area (Å²) >= 11 is 0. The molecular weight excluding hydrogens is 226 g/mol. The molecule has 2 rings (SSSR count). The monoisotopic (exact) mass is 245 g/mol. The lowest BCUT2D eigenvalue weighted by atomic mass is 10.1. The average molecular weight is 245 g/mol. The molecule has 0 unspecified atom stereocenters. The van der Waals surface area contributed by atoms with Crippen molar-refractivity contribution < 1.29 is 4.74 Å². The van der Waals surface area contributed by atoms with Gasteiger partial charge >= 0.3 is 0 Å². The molecule has 0 radical (unpaired) electrons. The summed E-state index contributed by atoms with van der Waals surface area (Å²) in [5.41, 5.74) is 2.64. The highest BCUT2D eigenvalue weighted by Crippen LogP contribution is 2.09. The smallest absolute Gasteiger partial charge is 0.0890 e. The number of ether oxygens (including phenoxy) is 1. The standard InChI is InChI=1S/C14H19N3O/c1-14(2,18-3)10-15-8-11-9-16-12-6-4-5-7-13(12)17-11/h4-7,9,15H,8,10H2,1-3H3. The second-order valence-corrected chi connectivity index (χ2v) is 4.92. The van der Waals surface area contributed by atoms with Crippen molar-refractivity contribution in [2.24, 2.45) is 0 Å². The van der Waals surface area contributed by atoms with E-state index in [1.807, 2.05) is 44.3 Å². The fourth-order valence-electron chi connectivity index (χ4n) is 1.64. The molecule has 1 aromatic heterocycles. The van der Waals surface area contributed by atoms with Crippen molar-refractivity contribution in [1.82, 2.24) is 15.3 Å². The molecule has 0 bridgehead atoms. The van der Waals surface area contributed by atoms with Gasteiger partial charge in [0, 0.05) is 20.2 Å². The van der Waals surface area contributed by atoms with E-state index in [4.69, 9.17) is 4.74 Å². The fourth-order valence-corrected chi connectivity index (χ4v) is 1.64. The van der Waals surface area contributed by atoms with Crippen LogP contribution >= 0.6 is 0 Å². The Labute approximate surface area is 107 Å². The van der Waals surface area contributed by atoms with Crippen LogP contribution < -0.4 is 5.32 Å². The highest BCUT2D eigenvalue weighted by atomic mass is 16.5. The van der Waals surface area contributed by atoms with Crippen LogP contribution in [-0.2, 0) is 11.3 Å². The molecule has 0 aliphatic rings. The number of hydrogen-bond acceptors (Lipinski definition) is 4. The first kappa shape index (κ1) is 12.9. The Morgan fingerprint density at radius 1 is 1.22 bits per heavy atom. The summed E-state index contributed by atoms with van der Waals surface area (Å²) in [6.45, 7) is 5.57. The van der Waals surface area contributed by atoms with Gasteiger partial charge in [-0.25, -0.2) is 4.98 Å². The molecule has 0 fully saturated rings. The first-order chi connectivity index (χ1) is 8.61. The van der Waals surface area contributed by atoms with Crippen LogP contribution in [0.2, 0.25) is 0 Å². The minimum Gasteiger partial charge on any atom is -0.377 e. The van der Waals surface area contributed by atoms with E-state index in [9.17, 15) is 0 Å². The molecular formula is C14H19N3O. The molecule has 0 saturated carbocycles. The molecule has 0 aliphatic heterocycles. The lowest BCUT2D eigenvalue weighted by Crippen LogP contribution is -2.36. The molecule has 0 saturated heterocycles. The lowest BCUT2D eigenvalue weighted by molar-refractivity contribution is 0.0230. The van der Waals surface area contributed by atoms with E-state index >= 15 is 0 Å². The van der Waals surface area contributed by atoms with Crippen LogP contribution in [0.1, 0.15) is 19.5 Å². The van der Waals surface area contributed by atoms with Crippen LogP contribution in [0, 0.1) is 0 Å². The molecule has 0 aliphatic carbocycles. The molecule has 0 atom stereocenters. The number of nitrogens with zero attached hydrogens (tertiary/aromatic N) is 2. The summed E-state index contributed by atoms with van der Waals surface area (Å²) in [4.78, 5) is 8.94. The molecule has 2 aromatic rings. The molecule has 1 heterocycles. The Balaban J connectivity index is 2.00. The molecule has 96 valence electrons. The van der Waals surface area contributed by atoms with Crippen molar-refractivity contribution in [3.63, 3.8) is 0 Å². The molecule has 1 aromatic carbocycles. The predicted octanol–water partition coefficient (Wildman–Crippen LogP) is 2.14. The second-order valence-electron chi connectivity index (χ2n) is 4.92. The summed E-state index contributed by atoms with van der Waals surface area (Å²) in [5, 5.41) is 3.33. The van der Waals surface area contributed by atoms with Gasteiger partial charge in [0.1, 0.15) is 0 Å². The number of para-hydroxylation sites is 2. The summed E-state index contributed by atoms with van der Waals surface area (Å²) in [5.74, 6) is 0. The van der Waals surface area contributed by atoms with E-state index in [0.717, 1.165) is 23.3 Å². The SMILES string of the molecule is COC(C)(C)CNCc1cnc2ccccc2n1. The van der Waals surface area contributed by atoms with E-state index < -0.39 is 0 Å². The number of methoxy groups -OCH3 is 1. The molecule has 18 heavy (non-hydrogen) atoms. The first-order valence-electron chi connectivity index (χ1n) is 6.07. The van der Waals surface area contributed by atoms with E-state index in [0.29, 0.717) is 6.54 Å². The largest absolute Gasteiger partial charge is 0.377 e. The maximum atomic E-state index is 5.35. The highest BCUT2D eigenvalue weighted by molar-refractivity contribution is 5.73. The minimum atomic E-state index is -0.162. The van der Waals surface area contributed by atoms with Crippen LogP contribution in [0.5, 0.6) is 0 Å². The minimum absolute atomic E-state index is 0.162. The zero-order valence-electron chi connectivity index (χ0n) is 11.1. The van der Waals surface area contributed by atoms with Crippen LogP contribution in [0.15, 0.2) is 30.5 Å². The lowest BCUT2D eigenvalue weighted by Gasteiger charge is -2.23. The maximum Gasteiger partial charge on any atom is 0.0890 e. The molecule has 4 heteroatoms. The van der Waals surface area contributed by atoms with Gasteiger partial charge in [0.15, 0.2) is 0 Å². The van der Waals surface area contributed by atoms with Crippen molar-refractivity contribution in [2.75, 3.05) is 13.7 Å². The zero-order valence-corrected chi connectivity index (χ0v) is 11.1. The first-order valence-corrected chi connectivity index (χ1v) is 6.07. The summed E-state index contributed by atoms with van der Waals surface area (Å²) in [6, 6.07) is 7.89. The van der Waals surface area contributed by atoms with E-state index in [-0.39, 0.29) is 5.60 Å². The average Bonchev–Trinajstić information content (AvgIpc) is 2.38. The quantitative estimate of drug-likeness (QED) is 0.876. The number of rotatable bonds is 5. The summed E-state index contributed by atoms with van der Waals surface area (Å²) in [6.07, 6.45) is 1.81. The van der Waals surface area contributed by atoms with Crippen molar-refractivity contribution in [1.29, 1.82) is 0 Å². The zero-order chi connectivity index (χ0) is 13.0. The third-order valence-corrected chi connectivity index (χ3v) is 2.91. The Bertz CT molecular complexity index is 525. The molecule has 0 amide bonds. The normalized spacial score (nSPS) is 11.9. The van der Waals surface area contributed by atoms with Gasteiger partial charge in [0.2, 0.25) is 0 Å². The van der Waals surface area contributed by atoms with Gasteiger partial charge in [0.05, 0.1) is 28.5 Å². The van der Waals surface area contributed by atoms with Crippen molar-refractivity contribution in [3.8, 4) is 0 Å². The van der Waals surface area contributed by atoms with Crippen LogP contribution in [0.4, 0.5) is 0 Å². The number of benzene rings is 1. The summed E-state index contributed by atoms with van der Waals surface area (Å²) < 4.78 is 5.35. The van der Waals surface area contributed by atoms with Gasteiger partial charge in [-0.15, -0.1) is 0 Å². The Kier molecular flexibility index (Phi) is 3.89. The number of fused-ring (bicyclic) bond motifs is 1. The van der Waals surface area contributed by atoms with Gasteiger partial charge in [-0.05, 0) is 26.0 Å². The Hall–Kier alpha value is -1.52. The molecule has 0 spiro atoms. The van der Waals surface area contributed by atoms with Crippen LogP contribution in [-0.4, -0.2) is 29.2 Å². The second kappa shape index (κ2) is 5.42. The van der Waals surface area contributed by atoms with Crippen molar-refractivity contribution in [3.05, 3.63) is 36.2 Å². The number of nitrogens with one attached hydrogen (secondary N) is 1. The Morgan fingerprint density at radius 2 is 1.94 bits per heavy atom. The summed E-state index contributed by atoms with van der Waals surface area (Å²) in [7, 11) is 1.72. The Morgan fingerprint density at radius 3 is 2.67 bits per heavy atom. The highest BCUT2D eigenvalue weighted by Gasteiger charge is 2.15. The number of aromatic nitrogens is 2. The number of hydrogen-bond donors (Lipinski definition) is 1. The third-order valence-electron chi connectivity index (χ3n) is 2.91. The predicted molar refractivity (Wildman–Crippen MR) is 72.3 cm³/mol. The maximum absolute atomic E-state index is 5.35. The van der Waals surface area contributed by atoms with Gasteiger partial charge in [0.25, 0.3) is 0 Å². The van der Waals surface area contributed by atoms with Crippen molar-refractivity contribution in [2.45, 2.75) is 26.0 Å². The van der Waals surface area contributed by atoms with E-state index in [2.05, 4.69) is 15.3 Å². The van der Waals surface area contributed by atoms with Gasteiger partial charge < -0.3 is 10.1 Å². The molecule has 4 nitrogen and oxygen atoms in total. The van der Waals surface area contributed by atoms with E-state index in [1.54, 1.807) is 7.11 Å². The van der Waals surface area contributed by atoms with Gasteiger partial charge in [-0.1, -0.05) is 12.1 Å². The van der Waals surface area contributed by atoms with Crippen molar-refractivity contribution >= 4 is 11.0 Å². The van der Waals surface area contributed by atoms with Gasteiger partial charge in [-0.2, -0.15) is 0 Å². The van der Waals surface area contributed by atoms with Gasteiger partial charge in [-0.3, -0.25) is 4.98 Å². The van der Waals surface area contributed by atoms with E-state index in [1.165, 1.54) is 0 Å². The van der Waals surface area contributed by atoms with Crippen LogP contribution in [0.3, 0.4) is 0 Å². The molecule has 1 N–H and O–H groups in total.